The van der Waals surface area contributed by atoms with Gasteiger partial charge in [-0.1, -0.05) is 44.2 Å². The van der Waals surface area contributed by atoms with Gasteiger partial charge in [0.25, 0.3) is 5.03 Å². The number of pyridine rings is 1. The molecule has 26 heavy (non-hydrogen) atoms. The molecule has 0 unspecified atom stereocenters. The van der Waals surface area contributed by atoms with Gasteiger partial charge in [0, 0.05) is 22.6 Å². The van der Waals surface area contributed by atoms with Crippen LogP contribution in [0.1, 0.15) is 24.6 Å². The van der Waals surface area contributed by atoms with Gasteiger partial charge in [0.1, 0.15) is 0 Å². The lowest BCUT2D eigenvalue weighted by molar-refractivity contribution is -0.645. The summed E-state index contributed by atoms with van der Waals surface area (Å²) in [5.41, 5.74) is 1.95. The lowest BCUT2D eigenvalue weighted by Gasteiger charge is -2.04. The molecule has 5 nitrogen and oxygen atoms in total. The Labute approximate surface area is 160 Å². The third kappa shape index (κ3) is 4.42. The molecule has 0 bridgehead atoms. The molecule has 0 saturated carbocycles. The number of aromatic nitrogens is 2. The van der Waals surface area contributed by atoms with Crippen LogP contribution in [0.4, 0.5) is 5.13 Å². The number of amides is 1. The summed E-state index contributed by atoms with van der Waals surface area (Å²) >= 11 is 2.70. The summed E-state index contributed by atoms with van der Waals surface area (Å²) in [5, 5.41) is 15.6. The third-order valence-corrected chi connectivity index (χ3v) is 5.90. The van der Waals surface area contributed by atoms with Gasteiger partial charge in [0.05, 0.1) is 11.4 Å². The molecule has 1 amide bonds. The second-order valence-corrected chi connectivity index (χ2v) is 7.98. The number of hydrogen-bond donors (Lipinski definition) is 1. The van der Waals surface area contributed by atoms with Crippen LogP contribution in [0.25, 0.3) is 11.3 Å². The first-order valence-electron chi connectivity index (χ1n) is 8.21. The number of carbonyl (C=O) groups excluding carboxylic acids is 1. The normalized spacial score (nSPS) is 10.9. The number of carbonyl (C=O) groups is 1. The highest BCUT2D eigenvalue weighted by atomic mass is 32.2. The molecule has 1 N–H and O–H groups in total. The Hall–Kier alpha value is -2.38. The average Bonchev–Trinajstić information content (AvgIpc) is 3.06. The van der Waals surface area contributed by atoms with Gasteiger partial charge in [-0.05, 0) is 23.7 Å². The van der Waals surface area contributed by atoms with Gasteiger partial charge in [0.15, 0.2) is 11.3 Å². The van der Waals surface area contributed by atoms with Crippen LogP contribution in [0.15, 0.2) is 59.8 Å². The largest absolute Gasteiger partial charge is 0.618 e. The van der Waals surface area contributed by atoms with E-state index in [2.05, 4.69) is 24.1 Å². The zero-order chi connectivity index (χ0) is 18.5. The molecular weight excluding hydrogens is 366 g/mol. The van der Waals surface area contributed by atoms with Gasteiger partial charge in [-0.2, -0.15) is 4.73 Å². The number of anilines is 1. The molecule has 0 spiro atoms. The average molecular weight is 386 g/mol. The molecule has 0 aliphatic heterocycles. The van der Waals surface area contributed by atoms with Crippen molar-refractivity contribution in [3.05, 3.63) is 64.8 Å². The smallest absolute Gasteiger partial charge is 0.251 e. The molecule has 0 atom stereocenters. The van der Waals surface area contributed by atoms with Gasteiger partial charge >= 0.3 is 0 Å². The van der Waals surface area contributed by atoms with Crippen LogP contribution in [0.5, 0.6) is 0 Å². The number of thioether (sulfide) groups is 1. The molecule has 7 heteroatoms. The molecular formula is C19H19N3O2S2. The molecule has 0 radical (unpaired) electrons. The standard InChI is InChI=1S/C19H19N3O2S2/c1-13(2)18-17(14-8-4-3-5-9-14)21-19(26-18)20-15(23)12-25-16-10-6-7-11-22(16)24/h3-11,13H,12H2,1-2H3,(H,20,21,23). The molecule has 3 rings (SSSR count). The van der Waals surface area contributed by atoms with Crippen molar-refractivity contribution in [2.75, 3.05) is 11.1 Å². The number of nitrogens with zero attached hydrogens (tertiary/aromatic N) is 2. The van der Waals surface area contributed by atoms with Crippen molar-refractivity contribution in [1.29, 1.82) is 0 Å². The van der Waals surface area contributed by atoms with E-state index in [-0.39, 0.29) is 11.7 Å². The van der Waals surface area contributed by atoms with E-state index in [0.717, 1.165) is 20.9 Å². The molecule has 0 fully saturated rings. The van der Waals surface area contributed by atoms with Crippen molar-refractivity contribution in [1.82, 2.24) is 4.98 Å². The third-order valence-electron chi connectivity index (χ3n) is 3.61. The van der Waals surface area contributed by atoms with Gasteiger partial charge in [-0.15, -0.1) is 11.3 Å². The maximum absolute atomic E-state index is 12.2. The summed E-state index contributed by atoms with van der Waals surface area (Å²) in [4.78, 5) is 18.0. The fraction of sp³-hybridized carbons (Fsp3) is 0.211. The molecule has 2 heterocycles. The van der Waals surface area contributed by atoms with Crippen LogP contribution >= 0.6 is 23.1 Å². The summed E-state index contributed by atoms with van der Waals surface area (Å²) in [7, 11) is 0. The van der Waals surface area contributed by atoms with Crippen molar-refractivity contribution in [2.45, 2.75) is 24.8 Å². The maximum atomic E-state index is 12.2. The second kappa shape index (κ2) is 8.33. The van der Waals surface area contributed by atoms with E-state index < -0.39 is 0 Å². The lowest BCUT2D eigenvalue weighted by Crippen LogP contribution is -2.28. The molecule has 134 valence electrons. The Morgan fingerprint density at radius 1 is 1.23 bits per heavy atom. The SMILES string of the molecule is CC(C)c1sc(NC(=O)CSc2cccc[n+]2[O-])nc1-c1ccccc1. The van der Waals surface area contributed by atoms with Crippen molar-refractivity contribution < 1.29 is 9.52 Å². The van der Waals surface area contributed by atoms with Gasteiger partial charge in [-0.3, -0.25) is 4.79 Å². The van der Waals surface area contributed by atoms with Crippen molar-refractivity contribution in [3.8, 4) is 11.3 Å². The van der Waals surface area contributed by atoms with Crippen LogP contribution in [0.3, 0.4) is 0 Å². The second-order valence-electron chi connectivity index (χ2n) is 5.95. The molecule has 0 aliphatic rings. The van der Waals surface area contributed by atoms with Gasteiger partial charge in [0.2, 0.25) is 5.91 Å². The zero-order valence-corrected chi connectivity index (χ0v) is 16.1. The van der Waals surface area contributed by atoms with Crippen LogP contribution in [0.2, 0.25) is 0 Å². The van der Waals surface area contributed by atoms with Gasteiger partial charge < -0.3 is 10.5 Å². The van der Waals surface area contributed by atoms with Gasteiger partial charge in [-0.25, -0.2) is 4.98 Å². The minimum atomic E-state index is -0.178. The topological polar surface area (TPSA) is 68.9 Å². The molecule has 0 saturated heterocycles. The molecule has 2 aromatic heterocycles. The first kappa shape index (κ1) is 18.4. The Bertz CT molecular complexity index is 895. The van der Waals surface area contributed by atoms with E-state index in [4.69, 9.17) is 0 Å². The van der Waals surface area contributed by atoms with Crippen molar-refractivity contribution >= 4 is 34.1 Å². The van der Waals surface area contributed by atoms with E-state index in [1.54, 1.807) is 18.2 Å². The Kier molecular flexibility index (Phi) is 5.90. The Morgan fingerprint density at radius 2 is 1.96 bits per heavy atom. The van der Waals surface area contributed by atoms with E-state index in [1.165, 1.54) is 29.3 Å². The highest BCUT2D eigenvalue weighted by molar-refractivity contribution is 7.99. The summed E-state index contributed by atoms with van der Waals surface area (Å²) in [6.07, 6.45) is 1.42. The predicted molar refractivity (Wildman–Crippen MR) is 106 cm³/mol. The fourth-order valence-electron chi connectivity index (χ4n) is 2.40. The minimum Gasteiger partial charge on any atom is -0.618 e. The predicted octanol–water partition coefficient (Wildman–Crippen LogP) is 4.30. The summed E-state index contributed by atoms with van der Waals surface area (Å²) < 4.78 is 0.756. The molecule has 0 aliphatic carbocycles. The highest BCUT2D eigenvalue weighted by Gasteiger charge is 2.17. The number of rotatable bonds is 6. The number of hydrogen-bond acceptors (Lipinski definition) is 5. The lowest BCUT2D eigenvalue weighted by atomic mass is 10.1. The Morgan fingerprint density at radius 3 is 2.65 bits per heavy atom. The fourth-order valence-corrected chi connectivity index (χ4v) is 4.12. The first-order chi connectivity index (χ1) is 12.5. The molecule has 3 aromatic rings. The van der Waals surface area contributed by atoms with E-state index in [0.29, 0.717) is 16.1 Å². The van der Waals surface area contributed by atoms with Crippen LogP contribution in [0, 0.1) is 5.21 Å². The Balaban J connectivity index is 1.72. The van der Waals surface area contributed by atoms with E-state index in [1.807, 2.05) is 30.3 Å². The summed E-state index contributed by atoms with van der Waals surface area (Å²) in [6.45, 7) is 4.23. The quantitative estimate of drug-likeness (QED) is 0.390. The van der Waals surface area contributed by atoms with Crippen LogP contribution < -0.4 is 10.0 Å². The minimum absolute atomic E-state index is 0.156. The molecule has 1 aromatic carbocycles. The number of nitrogens with one attached hydrogen (secondary N) is 1. The van der Waals surface area contributed by atoms with Crippen molar-refractivity contribution in [2.24, 2.45) is 0 Å². The monoisotopic (exact) mass is 385 g/mol. The number of thiazole rings is 1. The zero-order valence-electron chi connectivity index (χ0n) is 14.5. The van der Waals surface area contributed by atoms with Crippen LogP contribution in [-0.2, 0) is 4.79 Å². The van der Waals surface area contributed by atoms with E-state index in [9.17, 15) is 10.0 Å². The maximum Gasteiger partial charge on any atom is 0.251 e. The number of benzene rings is 1. The summed E-state index contributed by atoms with van der Waals surface area (Å²) in [5.74, 6) is 0.290. The van der Waals surface area contributed by atoms with Crippen molar-refractivity contribution in [3.63, 3.8) is 0 Å². The van der Waals surface area contributed by atoms with E-state index >= 15 is 0 Å². The first-order valence-corrected chi connectivity index (χ1v) is 10.0. The van der Waals surface area contributed by atoms with Crippen LogP contribution in [-0.4, -0.2) is 16.6 Å². The highest BCUT2D eigenvalue weighted by Crippen LogP contribution is 2.36. The summed E-state index contributed by atoms with van der Waals surface area (Å²) in [6, 6.07) is 15.1.